The van der Waals surface area contributed by atoms with Crippen molar-refractivity contribution in [2.24, 2.45) is 0 Å². The lowest BCUT2D eigenvalue weighted by Crippen LogP contribution is -2.31. The van der Waals surface area contributed by atoms with Gasteiger partial charge in [-0.05, 0) is 52.0 Å². The van der Waals surface area contributed by atoms with Crippen LogP contribution in [0.2, 0.25) is 0 Å². The summed E-state index contributed by atoms with van der Waals surface area (Å²) >= 11 is 0. The molecule has 6 heteroatoms. The van der Waals surface area contributed by atoms with Gasteiger partial charge in [-0.1, -0.05) is 6.07 Å². The molecule has 1 saturated carbocycles. The summed E-state index contributed by atoms with van der Waals surface area (Å²) in [6, 6.07) is 5.63. The fourth-order valence-electron chi connectivity index (χ4n) is 2.86. The van der Waals surface area contributed by atoms with Gasteiger partial charge in [-0.2, -0.15) is 0 Å². The number of pyridine rings is 1. The Balaban J connectivity index is 2.04. The second-order valence-electron chi connectivity index (χ2n) is 6.71. The van der Waals surface area contributed by atoms with Crippen LogP contribution in [0, 0.1) is 0 Å². The molecule has 0 saturated heterocycles. The van der Waals surface area contributed by atoms with Gasteiger partial charge in [0.05, 0.1) is 10.9 Å². The molecule has 1 heterocycles. The van der Waals surface area contributed by atoms with Crippen molar-refractivity contribution >= 4 is 22.5 Å². The second kappa shape index (κ2) is 6.65. The highest BCUT2D eigenvalue weighted by atomic mass is 16.2. The number of carbonyl (C=O) groups excluding carboxylic acids is 1. The fourth-order valence-corrected chi connectivity index (χ4v) is 2.86. The average molecular weight is 328 g/mol. The van der Waals surface area contributed by atoms with E-state index >= 15 is 0 Å². The third-order valence-electron chi connectivity index (χ3n) is 4.30. The minimum Gasteiger partial charge on any atom is -0.398 e. The first-order chi connectivity index (χ1) is 11.5. The zero-order valence-electron chi connectivity index (χ0n) is 14.2. The third-order valence-corrected chi connectivity index (χ3v) is 4.30. The highest BCUT2D eigenvalue weighted by molar-refractivity contribution is 6.00. The van der Waals surface area contributed by atoms with Crippen LogP contribution in [0.1, 0.15) is 29.6 Å². The number of nitrogen functional groups attached to an aromatic ring is 1. The molecular weight excluding hydrogens is 304 g/mol. The maximum absolute atomic E-state index is 12.8. The highest BCUT2D eigenvalue weighted by Gasteiger charge is 2.26. The van der Waals surface area contributed by atoms with Crippen LogP contribution in [0.3, 0.4) is 0 Å². The van der Waals surface area contributed by atoms with Gasteiger partial charge < -0.3 is 20.5 Å². The van der Waals surface area contributed by atoms with E-state index in [9.17, 15) is 9.59 Å². The van der Waals surface area contributed by atoms with E-state index in [0.717, 1.165) is 37.9 Å². The van der Waals surface area contributed by atoms with Gasteiger partial charge in [-0.15, -0.1) is 0 Å². The van der Waals surface area contributed by atoms with Crippen molar-refractivity contribution in [2.75, 3.05) is 26.4 Å². The van der Waals surface area contributed by atoms with E-state index < -0.39 is 0 Å². The Kier molecular flexibility index (Phi) is 4.57. The number of amides is 1. The van der Waals surface area contributed by atoms with Crippen LogP contribution in [0.15, 0.2) is 29.2 Å². The standard InChI is InChI=1S/C18H24N4O2/c1-21(2)9-4-10-22-11-13(18(24)20-12-7-8-12)17(23)16-14(19)5-3-6-15(16)22/h3,5-6,11-12H,4,7-10,19H2,1-2H3,(H,20,24). The first-order valence-electron chi connectivity index (χ1n) is 8.34. The smallest absolute Gasteiger partial charge is 0.256 e. The quantitative estimate of drug-likeness (QED) is 0.786. The summed E-state index contributed by atoms with van der Waals surface area (Å²) in [4.78, 5) is 27.3. The Morgan fingerprint density at radius 3 is 2.79 bits per heavy atom. The van der Waals surface area contributed by atoms with Crippen LogP contribution in [0.5, 0.6) is 0 Å². The Morgan fingerprint density at radius 1 is 1.38 bits per heavy atom. The van der Waals surface area contributed by atoms with Crippen molar-refractivity contribution in [1.82, 2.24) is 14.8 Å². The SMILES string of the molecule is CN(C)CCCn1cc(C(=O)NC2CC2)c(=O)c2c(N)cccc21. The number of nitrogens with two attached hydrogens (primary N) is 1. The van der Waals surface area contributed by atoms with Crippen LogP contribution >= 0.6 is 0 Å². The van der Waals surface area contributed by atoms with E-state index in [-0.39, 0.29) is 22.9 Å². The molecule has 3 rings (SSSR count). The minimum absolute atomic E-state index is 0.178. The number of aryl methyl sites for hydroxylation is 1. The maximum atomic E-state index is 12.8. The Morgan fingerprint density at radius 2 is 2.12 bits per heavy atom. The van der Waals surface area contributed by atoms with E-state index in [1.807, 2.05) is 30.8 Å². The molecule has 0 spiro atoms. The molecule has 0 atom stereocenters. The molecular formula is C18H24N4O2. The predicted molar refractivity (Wildman–Crippen MR) is 96.3 cm³/mol. The molecule has 1 aliphatic rings. The summed E-state index contributed by atoms with van der Waals surface area (Å²) in [5, 5.41) is 3.33. The van der Waals surface area contributed by atoms with Crippen molar-refractivity contribution in [1.29, 1.82) is 0 Å². The molecule has 6 nitrogen and oxygen atoms in total. The van der Waals surface area contributed by atoms with Gasteiger partial charge in [-0.25, -0.2) is 0 Å². The monoisotopic (exact) mass is 328 g/mol. The Hall–Kier alpha value is -2.34. The van der Waals surface area contributed by atoms with Crippen LogP contribution < -0.4 is 16.5 Å². The zero-order valence-corrected chi connectivity index (χ0v) is 14.2. The summed E-state index contributed by atoms with van der Waals surface area (Å²) in [7, 11) is 4.05. The van der Waals surface area contributed by atoms with E-state index in [1.165, 1.54) is 0 Å². The summed E-state index contributed by atoms with van der Waals surface area (Å²) in [5.41, 5.74) is 7.12. The molecule has 2 aromatic rings. The molecule has 3 N–H and O–H groups in total. The first-order valence-corrected chi connectivity index (χ1v) is 8.34. The van der Waals surface area contributed by atoms with E-state index in [2.05, 4.69) is 10.2 Å². The summed E-state index contributed by atoms with van der Waals surface area (Å²) < 4.78 is 1.97. The molecule has 24 heavy (non-hydrogen) atoms. The molecule has 0 unspecified atom stereocenters. The zero-order chi connectivity index (χ0) is 17.3. The van der Waals surface area contributed by atoms with Gasteiger partial charge in [0.2, 0.25) is 5.43 Å². The number of nitrogens with zero attached hydrogens (tertiary/aromatic N) is 2. The van der Waals surface area contributed by atoms with Gasteiger partial charge >= 0.3 is 0 Å². The number of hydrogen-bond acceptors (Lipinski definition) is 4. The third kappa shape index (κ3) is 3.43. The molecule has 128 valence electrons. The molecule has 1 aliphatic carbocycles. The summed E-state index contributed by atoms with van der Waals surface area (Å²) in [5.74, 6) is -0.297. The van der Waals surface area contributed by atoms with E-state index in [1.54, 1.807) is 12.3 Å². The average Bonchev–Trinajstić information content (AvgIpc) is 3.33. The van der Waals surface area contributed by atoms with Crippen LogP contribution in [-0.2, 0) is 6.54 Å². The molecule has 1 fully saturated rings. The Bertz CT molecular complexity index is 822. The van der Waals surface area contributed by atoms with Gasteiger partial charge in [0.1, 0.15) is 5.56 Å². The highest BCUT2D eigenvalue weighted by Crippen LogP contribution is 2.21. The number of aromatic nitrogens is 1. The van der Waals surface area contributed by atoms with E-state index in [4.69, 9.17) is 5.73 Å². The van der Waals surface area contributed by atoms with Crippen molar-refractivity contribution in [3.8, 4) is 0 Å². The largest absolute Gasteiger partial charge is 0.398 e. The molecule has 0 bridgehead atoms. The topological polar surface area (TPSA) is 80.4 Å². The van der Waals surface area contributed by atoms with Crippen molar-refractivity contribution < 1.29 is 4.79 Å². The molecule has 1 amide bonds. The number of rotatable bonds is 6. The second-order valence-corrected chi connectivity index (χ2v) is 6.71. The minimum atomic E-state index is -0.297. The number of hydrogen-bond donors (Lipinski definition) is 2. The molecule has 0 aliphatic heterocycles. The number of nitrogens with one attached hydrogen (secondary N) is 1. The lowest BCUT2D eigenvalue weighted by atomic mass is 10.1. The van der Waals surface area contributed by atoms with Crippen molar-refractivity contribution in [3.05, 3.63) is 40.2 Å². The summed E-state index contributed by atoms with van der Waals surface area (Å²) in [6.45, 7) is 1.65. The maximum Gasteiger partial charge on any atom is 0.256 e. The van der Waals surface area contributed by atoms with Gasteiger partial charge in [0, 0.05) is 24.5 Å². The van der Waals surface area contributed by atoms with Crippen LogP contribution in [0.25, 0.3) is 10.9 Å². The predicted octanol–water partition coefficient (Wildman–Crippen LogP) is 1.43. The molecule has 1 aromatic heterocycles. The van der Waals surface area contributed by atoms with Crippen LogP contribution in [-0.4, -0.2) is 42.1 Å². The van der Waals surface area contributed by atoms with E-state index in [0.29, 0.717) is 11.1 Å². The number of anilines is 1. The fraction of sp³-hybridized carbons (Fsp3) is 0.444. The van der Waals surface area contributed by atoms with Gasteiger partial charge in [-0.3, -0.25) is 9.59 Å². The van der Waals surface area contributed by atoms with Crippen molar-refractivity contribution in [2.45, 2.75) is 31.8 Å². The van der Waals surface area contributed by atoms with Crippen molar-refractivity contribution in [3.63, 3.8) is 0 Å². The Labute approximate surface area is 141 Å². The molecule has 1 aromatic carbocycles. The van der Waals surface area contributed by atoms with Gasteiger partial charge in [0.15, 0.2) is 0 Å². The summed E-state index contributed by atoms with van der Waals surface area (Å²) in [6.07, 6.45) is 4.57. The molecule has 0 radical (unpaired) electrons. The van der Waals surface area contributed by atoms with Crippen LogP contribution in [0.4, 0.5) is 5.69 Å². The normalized spacial score (nSPS) is 14.3. The first kappa shape index (κ1) is 16.5. The number of fused-ring (bicyclic) bond motifs is 1. The number of carbonyl (C=O) groups is 1. The lowest BCUT2D eigenvalue weighted by Gasteiger charge is -2.16. The lowest BCUT2D eigenvalue weighted by molar-refractivity contribution is 0.0949. The van der Waals surface area contributed by atoms with Gasteiger partial charge in [0.25, 0.3) is 5.91 Å². The number of benzene rings is 1.